The van der Waals surface area contributed by atoms with Crippen LogP contribution in [0.5, 0.6) is 5.75 Å². The summed E-state index contributed by atoms with van der Waals surface area (Å²) < 4.78 is 29.7. The second-order valence-electron chi connectivity index (χ2n) is 6.51. The first-order valence-electron chi connectivity index (χ1n) is 6.98. The molecule has 0 aliphatic carbocycles. The van der Waals surface area contributed by atoms with Gasteiger partial charge in [0.2, 0.25) is 0 Å². The Morgan fingerprint density at radius 2 is 1.65 bits per heavy atom. The molecule has 114 valence electrons. The number of aryl methyl sites for hydroxylation is 2. The van der Waals surface area contributed by atoms with Gasteiger partial charge in [-0.05, 0) is 64.8 Å². The minimum absolute atomic E-state index is 0.145. The highest BCUT2D eigenvalue weighted by molar-refractivity contribution is 5.43. The summed E-state index contributed by atoms with van der Waals surface area (Å²) in [6.45, 7) is 11.9. The minimum atomic E-state index is -2.44. The summed E-state index contributed by atoms with van der Waals surface area (Å²) in [4.78, 5) is 0. The van der Waals surface area contributed by atoms with Crippen LogP contribution in [0.15, 0.2) is 12.1 Å². The van der Waals surface area contributed by atoms with Crippen LogP contribution in [0, 0.1) is 13.8 Å². The third-order valence-electron chi connectivity index (χ3n) is 3.11. The summed E-state index contributed by atoms with van der Waals surface area (Å²) in [6.07, 6.45) is -2.44. The number of quaternary nitrogens is 1. The Bertz CT molecular complexity index is 429. The zero-order valence-electron chi connectivity index (χ0n) is 13.3. The van der Waals surface area contributed by atoms with Gasteiger partial charge in [-0.2, -0.15) is 0 Å². The molecule has 0 aliphatic heterocycles. The number of hydrogen-bond donors (Lipinski definition) is 1. The van der Waals surface area contributed by atoms with E-state index in [0.29, 0.717) is 11.8 Å². The lowest BCUT2D eigenvalue weighted by molar-refractivity contribution is -0.751. The van der Waals surface area contributed by atoms with Crippen LogP contribution in [0.4, 0.5) is 8.78 Å². The Hall–Kier alpha value is -1.16. The molecule has 4 heteroatoms. The Morgan fingerprint density at radius 1 is 1.15 bits per heavy atom. The van der Waals surface area contributed by atoms with Gasteiger partial charge < -0.3 is 10.1 Å². The molecule has 0 aliphatic rings. The molecule has 0 saturated heterocycles. The van der Waals surface area contributed by atoms with E-state index >= 15 is 0 Å². The predicted molar refractivity (Wildman–Crippen MR) is 77.5 cm³/mol. The van der Waals surface area contributed by atoms with Crippen molar-refractivity contribution in [2.24, 2.45) is 0 Å². The maximum absolute atomic E-state index is 12.2. The smallest absolute Gasteiger partial charge is 0.272 e. The number of ether oxygens (including phenoxy) is 1. The fourth-order valence-electron chi connectivity index (χ4n) is 2.47. The van der Waals surface area contributed by atoms with Crippen molar-refractivity contribution in [3.8, 4) is 5.75 Å². The van der Waals surface area contributed by atoms with Crippen molar-refractivity contribution in [1.82, 2.24) is 0 Å². The fraction of sp³-hybridized carbons (Fsp3) is 0.625. The van der Waals surface area contributed by atoms with Gasteiger partial charge in [0.1, 0.15) is 18.4 Å². The summed E-state index contributed by atoms with van der Waals surface area (Å²) in [6, 6.07) is 4.37. The zero-order valence-corrected chi connectivity index (χ0v) is 13.3. The van der Waals surface area contributed by atoms with Crippen molar-refractivity contribution in [2.45, 2.75) is 59.5 Å². The first-order valence-corrected chi connectivity index (χ1v) is 6.98. The highest BCUT2D eigenvalue weighted by atomic mass is 19.3. The molecule has 0 radical (unpaired) electrons. The number of nitrogens with two attached hydrogens (primary N) is 1. The Kier molecular flexibility index (Phi) is 5.51. The van der Waals surface area contributed by atoms with Crippen LogP contribution in [0.25, 0.3) is 0 Å². The molecule has 1 atom stereocenters. The molecule has 2 N–H and O–H groups in total. The van der Waals surface area contributed by atoms with Crippen LogP contribution < -0.4 is 10.1 Å². The van der Waals surface area contributed by atoms with Crippen LogP contribution in [0.1, 0.15) is 50.4 Å². The summed E-state index contributed by atoms with van der Waals surface area (Å²) in [5.74, 6) is 0.581. The molecule has 0 fully saturated rings. The van der Waals surface area contributed by atoms with Crippen molar-refractivity contribution >= 4 is 0 Å². The quantitative estimate of drug-likeness (QED) is 0.882. The van der Waals surface area contributed by atoms with Gasteiger partial charge in [-0.1, -0.05) is 0 Å². The van der Waals surface area contributed by atoms with E-state index in [4.69, 9.17) is 4.74 Å². The number of halogens is 2. The molecular formula is C16H26F2NO+. The molecule has 0 spiro atoms. The van der Waals surface area contributed by atoms with E-state index in [2.05, 4.69) is 33.0 Å². The van der Waals surface area contributed by atoms with Crippen molar-refractivity contribution < 1.29 is 18.8 Å². The molecule has 1 aromatic rings. The standard InChI is InChI=1S/C16H25F2NO/c1-10-7-13(12(3)19-16(4,5)6)8-11(2)15(10)20-9-14(17)18/h7-8,12,14,19H,9H2,1-6H3/p+1. The van der Waals surface area contributed by atoms with E-state index in [9.17, 15) is 8.78 Å². The molecule has 0 saturated carbocycles. The number of benzene rings is 1. The van der Waals surface area contributed by atoms with E-state index in [1.54, 1.807) is 0 Å². The van der Waals surface area contributed by atoms with Gasteiger partial charge in [-0.3, -0.25) is 0 Å². The molecule has 0 aromatic heterocycles. The van der Waals surface area contributed by atoms with E-state index in [0.717, 1.165) is 11.1 Å². The lowest BCUT2D eigenvalue weighted by Crippen LogP contribution is -2.94. The van der Waals surface area contributed by atoms with Crippen molar-refractivity contribution in [3.63, 3.8) is 0 Å². The summed E-state index contributed by atoms with van der Waals surface area (Å²) in [5, 5.41) is 2.29. The molecule has 1 aromatic carbocycles. The van der Waals surface area contributed by atoms with Crippen LogP contribution in [0.2, 0.25) is 0 Å². The molecule has 1 rings (SSSR count). The molecule has 1 unspecified atom stereocenters. The fourth-order valence-corrected chi connectivity index (χ4v) is 2.47. The second kappa shape index (κ2) is 6.53. The summed E-state index contributed by atoms with van der Waals surface area (Å²) >= 11 is 0. The highest BCUT2D eigenvalue weighted by Crippen LogP contribution is 2.27. The molecule has 0 bridgehead atoms. The maximum Gasteiger partial charge on any atom is 0.272 e. The van der Waals surface area contributed by atoms with Crippen molar-refractivity contribution in [2.75, 3.05) is 6.61 Å². The normalized spacial score (nSPS) is 13.7. The molecule has 0 heterocycles. The van der Waals surface area contributed by atoms with E-state index in [1.165, 1.54) is 5.56 Å². The Labute approximate surface area is 120 Å². The topological polar surface area (TPSA) is 25.8 Å². The predicted octanol–water partition coefficient (Wildman–Crippen LogP) is 3.37. The first kappa shape index (κ1) is 16.9. The van der Waals surface area contributed by atoms with E-state index < -0.39 is 13.0 Å². The highest BCUT2D eigenvalue weighted by Gasteiger charge is 2.20. The number of rotatable bonds is 5. The van der Waals surface area contributed by atoms with Crippen LogP contribution in [-0.2, 0) is 0 Å². The van der Waals surface area contributed by atoms with Crippen LogP contribution in [0.3, 0.4) is 0 Å². The SMILES string of the molecule is Cc1cc(C(C)[NH2+]C(C)(C)C)cc(C)c1OCC(F)F. The van der Waals surface area contributed by atoms with Gasteiger partial charge >= 0.3 is 0 Å². The van der Waals surface area contributed by atoms with Gasteiger partial charge in [-0.25, -0.2) is 8.78 Å². The van der Waals surface area contributed by atoms with Gasteiger partial charge in [0.25, 0.3) is 6.43 Å². The van der Waals surface area contributed by atoms with Gasteiger partial charge in [-0.15, -0.1) is 0 Å². The molecule has 2 nitrogen and oxygen atoms in total. The van der Waals surface area contributed by atoms with Gasteiger partial charge in [0, 0.05) is 5.56 Å². The van der Waals surface area contributed by atoms with Crippen LogP contribution >= 0.6 is 0 Å². The maximum atomic E-state index is 12.2. The Morgan fingerprint density at radius 3 is 2.05 bits per heavy atom. The Balaban J connectivity index is 2.92. The van der Waals surface area contributed by atoms with E-state index in [1.807, 2.05) is 26.0 Å². The monoisotopic (exact) mass is 286 g/mol. The molecule has 0 amide bonds. The largest absolute Gasteiger partial charge is 0.487 e. The first-order chi connectivity index (χ1) is 9.10. The number of alkyl halides is 2. The third kappa shape index (κ3) is 5.08. The molecular weight excluding hydrogens is 260 g/mol. The van der Waals surface area contributed by atoms with Crippen molar-refractivity contribution in [1.29, 1.82) is 0 Å². The summed E-state index contributed by atoms with van der Waals surface area (Å²) in [5.41, 5.74) is 3.16. The zero-order chi connectivity index (χ0) is 15.5. The van der Waals surface area contributed by atoms with Gasteiger partial charge in [0.15, 0.2) is 0 Å². The number of hydrogen-bond acceptors (Lipinski definition) is 1. The second-order valence-corrected chi connectivity index (χ2v) is 6.51. The van der Waals surface area contributed by atoms with Crippen LogP contribution in [-0.4, -0.2) is 18.6 Å². The van der Waals surface area contributed by atoms with Gasteiger partial charge in [0.05, 0.1) is 5.54 Å². The average Bonchev–Trinajstić information content (AvgIpc) is 2.24. The lowest BCUT2D eigenvalue weighted by atomic mass is 9.98. The third-order valence-corrected chi connectivity index (χ3v) is 3.11. The minimum Gasteiger partial charge on any atom is -0.487 e. The average molecular weight is 286 g/mol. The van der Waals surface area contributed by atoms with Crippen molar-refractivity contribution in [3.05, 3.63) is 28.8 Å². The lowest BCUT2D eigenvalue weighted by Gasteiger charge is -2.24. The molecule has 20 heavy (non-hydrogen) atoms. The van der Waals surface area contributed by atoms with E-state index in [-0.39, 0.29) is 5.54 Å². The summed E-state index contributed by atoms with van der Waals surface area (Å²) in [7, 11) is 0.